The number of benzene rings is 1. The van der Waals surface area contributed by atoms with Crippen LogP contribution in [0.3, 0.4) is 0 Å². The van der Waals surface area contributed by atoms with Gasteiger partial charge in [0.05, 0.1) is 18.0 Å². The maximum Gasteiger partial charge on any atom is 0.338 e. The van der Waals surface area contributed by atoms with Gasteiger partial charge in [0.1, 0.15) is 0 Å². The maximum absolute atomic E-state index is 11.0. The average Bonchev–Trinajstić information content (AvgIpc) is 2.29. The summed E-state index contributed by atoms with van der Waals surface area (Å²) in [6.07, 6.45) is 2.63. The molecule has 1 aromatic heterocycles. The Bertz CT molecular complexity index is 543. The van der Waals surface area contributed by atoms with Gasteiger partial charge in [0.25, 0.3) is 0 Å². The minimum atomic E-state index is -1.04. The summed E-state index contributed by atoms with van der Waals surface area (Å²) in [6.45, 7) is 0. The van der Waals surface area contributed by atoms with Crippen LogP contribution in [0, 0.1) is 0 Å². The molecule has 0 atom stereocenters. The van der Waals surface area contributed by atoms with Crippen molar-refractivity contribution in [3.63, 3.8) is 0 Å². The third-order valence-electron chi connectivity index (χ3n) is 2.10. The topological polar surface area (TPSA) is 63.1 Å². The van der Waals surface area contributed by atoms with Gasteiger partial charge < -0.3 is 5.11 Å². The monoisotopic (exact) mass is 234 g/mol. The van der Waals surface area contributed by atoms with E-state index in [9.17, 15) is 4.79 Å². The molecule has 1 aromatic carbocycles. The molecule has 5 heteroatoms. The number of aromatic nitrogens is 2. The Balaban J connectivity index is 2.60. The van der Waals surface area contributed by atoms with E-state index in [0.717, 1.165) is 0 Å². The molecule has 16 heavy (non-hydrogen) atoms. The fraction of sp³-hybridized carbons (Fsp3) is 0. The lowest BCUT2D eigenvalue weighted by atomic mass is 10.0. The molecule has 0 aliphatic heterocycles. The second-order valence-corrected chi connectivity index (χ2v) is 3.57. The standard InChI is InChI=1S/C11H7ClN2O2/c12-8-3-1-2-7(4-8)9-5-13-14-6-10(9)11(15)16/h1-6H,(H,15,16). The summed E-state index contributed by atoms with van der Waals surface area (Å²) in [5.74, 6) is -1.04. The number of carboxylic acids is 1. The Kier molecular flexibility index (Phi) is 2.83. The summed E-state index contributed by atoms with van der Waals surface area (Å²) >= 11 is 5.84. The van der Waals surface area contributed by atoms with E-state index >= 15 is 0 Å². The quantitative estimate of drug-likeness (QED) is 0.867. The van der Waals surface area contributed by atoms with Crippen LogP contribution < -0.4 is 0 Å². The summed E-state index contributed by atoms with van der Waals surface area (Å²) in [6, 6.07) is 6.93. The molecular formula is C11H7ClN2O2. The van der Waals surface area contributed by atoms with Gasteiger partial charge in [0.15, 0.2) is 0 Å². The number of rotatable bonds is 2. The highest BCUT2D eigenvalue weighted by Gasteiger charge is 2.12. The Morgan fingerprint density at radius 2 is 2.00 bits per heavy atom. The number of carboxylic acid groups (broad SMARTS) is 1. The summed E-state index contributed by atoms with van der Waals surface area (Å²) in [5.41, 5.74) is 1.32. The Morgan fingerprint density at radius 1 is 1.25 bits per heavy atom. The summed E-state index contributed by atoms with van der Waals surface area (Å²) in [4.78, 5) is 11.0. The van der Waals surface area contributed by atoms with Crippen LogP contribution in [0.2, 0.25) is 5.02 Å². The summed E-state index contributed by atoms with van der Waals surface area (Å²) in [7, 11) is 0. The molecule has 0 saturated carbocycles. The smallest absolute Gasteiger partial charge is 0.338 e. The first-order chi connectivity index (χ1) is 7.68. The lowest BCUT2D eigenvalue weighted by Crippen LogP contribution is -2.01. The zero-order valence-corrected chi connectivity index (χ0v) is 8.85. The molecule has 2 aromatic rings. The number of nitrogens with zero attached hydrogens (tertiary/aromatic N) is 2. The van der Waals surface area contributed by atoms with Crippen molar-refractivity contribution in [3.8, 4) is 11.1 Å². The average molecular weight is 235 g/mol. The van der Waals surface area contributed by atoms with E-state index in [1.165, 1.54) is 12.4 Å². The third-order valence-corrected chi connectivity index (χ3v) is 2.33. The molecule has 80 valence electrons. The van der Waals surface area contributed by atoms with Gasteiger partial charge in [-0.15, -0.1) is 0 Å². The molecule has 0 aliphatic carbocycles. The van der Waals surface area contributed by atoms with Crippen LogP contribution in [-0.2, 0) is 0 Å². The molecular weight excluding hydrogens is 228 g/mol. The molecule has 0 fully saturated rings. The van der Waals surface area contributed by atoms with Crippen molar-refractivity contribution in [1.29, 1.82) is 0 Å². The molecule has 2 rings (SSSR count). The molecule has 1 N–H and O–H groups in total. The number of carbonyl (C=O) groups is 1. The molecule has 0 bridgehead atoms. The molecule has 4 nitrogen and oxygen atoms in total. The SMILES string of the molecule is O=C(O)c1cnncc1-c1cccc(Cl)c1. The van der Waals surface area contributed by atoms with E-state index in [0.29, 0.717) is 16.1 Å². The molecule has 1 heterocycles. The molecule has 0 spiro atoms. The van der Waals surface area contributed by atoms with Gasteiger partial charge in [-0.1, -0.05) is 23.7 Å². The normalized spacial score (nSPS) is 10.1. The number of hydrogen-bond acceptors (Lipinski definition) is 3. The van der Waals surface area contributed by atoms with Gasteiger partial charge in [0, 0.05) is 10.6 Å². The van der Waals surface area contributed by atoms with Crippen LogP contribution in [0.5, 0.6) is 0 Å². The van der Waals surface area contributed by atoms with Crippen LogP contribution in [0.25, 0.3) is 11.1 Å². The van der Waals surface area contributed by atoms with Crippen molar-refractivity contribution in [2.45, 2.75) is 0 Å². The van der Waals surface area contributed by atoms with Gasteiger partial charge in [0.2, 0.25) is 0 Å². The predicted octanol–water partition coefficient (Wildman–Crippen LogP) is 2.50. The summed E-state index contributed by atoms with van der Waals surface area (Å²) in [5, 5.41) is 16.8. The fourth-order valence-electron chi connectivity index (χ4n) is 1.38. The zero-order valence-electron chi connectivity index (χ0n) is 8.09. The lowest BCUT2D eigenvalue weighted by molar-refractivity contribution is 0.0697. The number of aromatic carboxylic acids is 1. The van der Waals surface area contributed by atoms with Crippen LogP contribution in [-0.4, -0.2) is 21.3 Å². The van der Waals surface area contributed by atoms with E-state index in [1.807, 2.05) is 0 Å². The highest BCUT2D eigenvalue weighted by Crippen LogP contribution is 2.24. The van der Waals surface area contributed by atoms with Gasteiger partial charge in [-0.2, -0.15) is 10.2 Å². The first-order valence-corrected chi connectivity index (χ1v) is 4.86. The lowest BCUT2D eigenvalue weighted by Gasteiger charge is -2.04. The molecule has 0 amide bonds. The summed E-state index contributed by atoms with van der Waals surface area (Å²) < 4.78 is 0. The Morgan fingerprint density at radius 3 is 2.69 bits per heavy atom. The van der Waals surface area contributed by atoms with Crippen molar-refractivity contribution in [3.05, 3.63) is 47.2 Å². The molecule has 0 aliphatic rings. The largest absolute Gasteiger partial charge is 0.478 e. The molecule has 0 unspecified atom stereocenters. The Labute approximate surface area is 96.5 Å². The highest BCUT2D eigenvalue weighted by molar-refractivity contribution is 6.30. The minimum absolute atomic E-state index is 0.109. The first kappa shape index (κ1) is 10.6. The van der Waals surface area contributed by atoms with E-state index < -0.39 is 5.97 Å². The van der Waals surface area contributed by atoms with Crippen molar-refractivity contribution >= 4 is 17.6 Å². The van der Waals surface area contributed by atoms with Crippen LogP contribution in [0.1, 0.15) is 10.4 Å². The van der Waals surface area contributed by atoms with Crippen LogP contribution in [0.4, 0.5) is 0 Å². The second kappa shape index (κ2) is 4.28. The van der Waals surface area contributed by atoms with Gasteiger partial charge >= 0.3 is 5.97 Å². The van der Waals surface area contributed by atoms with Gasteiger partial charge in [-0.25, -0.2) is 4.79 Å². The Hall–Kier alpha value is -1.94. The predicted molar refractivity (Wildman–Crippen MR) is 59.4 cm³/mol. The van der Waals surface area contributed by atoms with Crippen LogP contribution >= 0.6 is 11.6 Å². The minimum Gasteiger partial charge on any atom is -0.478 e. The fourth-order valence-corrected chi connectivity index (χ4v) is 1.57. The number of hydrogen-bond donors (Lipinski definition) is 1. The van der Waals surface area contributed by atoms with Crippen LogP contribution in [0.15, 0.2) is 36.7 Å². The second-order valence-electron chi connectivity index (χ2n) is 3.13. The van der Waals surface area contributed by atoms with E-state index in [2.05, 4.69) is 10.2 Å². The molecule has 0 radical (unpaired) electrons. The molecule has 0 saturated heterocycles. The van der Waals surface area contributed by atoms with Crippen molar-refractivity contribution in [1.82, 2.24) is 10.2 Å². The third kappa shape index (κ3) is 2.01. The maximum atomic E-state index is 11.0. The van der Waals surface area contributed by atoms with Crippen molar-refractivity contribution in [2.24, 2.45) is 0 Å². The van der Waals surface area contributed by atoms with Crippen molar-refractivity contribution < 1.29 is 9.90 Å². The zero-order chi connectivity index (χ0) is 11.5. The van der Waals surface area contributed by atoms with Gasteiger partial charge in [-0.05, 0) is 17.7 Å². The van der Waals surface area contributed by atoms with E-state index in [1.54, 1.807) is 24.3 Å². The first-order valence-electron chi connectivity index (χ1n) is 4.48. The van der Waals surface area contributed by atoms with E-state index in [-0.39, 0.29) is 5.56 Å². The van der Waals surface area contributed by atoms with Gasteiger partial charge in [-0.3, -0.25) is 0 Å². The highest BCUT2D eigenvalue weighted by atomic mass is 35.5. The van der Waals surface area contributed by atoms with Crippen molar-refractivity contribution in [2.75, 3.05) is 0 Å². The number of halogens is 1. The van der Waals surface area contributed by atoms with E-state index in [4.69, 9.17) is 16.7 Å².